The Hall–Kier alpha value is -2.31. The number of hydrogen-bond acceptors (Lipinski definition) is 4. The lowest BCUT2D eigenvalue weighted by molar-refractivity contribution is -0.384. The van der Waals surface area contributed by atoms with Gasteiger partial charge in [-0.25, -0.2) is 0 Å². The number of benzene rings is 2. The van der Waals surface area contributed by atoms with Gasteiger partial charge in [-0.2, -0.15) is 0 Å². The Balaban J connectivity index is 1.80. The molecule has 0 spiro atoms. The molecule has 120 valence electrons. The van der Waals surface area contributed by atoms with Crippen LogP contribution in [-0.4, -0.2) is 23.9 Å². The molecule has 2 N–H and O–H groups in total. The molecular weight excluding hydrogens is 341 g/mol. The van der Waals surface area contributed by atoms with Crippen molar-refractivity contribution in [3.63, 3.8) is 0 Å². The highest BCUT2D eigenvalue weighted by Crippen LogP contribution is 2.19. The Morgan fingerprint density at radius 3 is 2.22 bits per heavy atom. The molecule has 2 aromatic carbocycles. The van der Waals surface area contributed by atoms with Crippen molar-refractivity contribution in [3.8, 4) is 0 Å². The van der Waals surface area contributed by atoms with Gasteiger partial charge in [0.25, 0.3) is 11.6 Å². The molecule has 8 heteroatoms. The molecular formula is C15H13Cl2N3O3. The van der Waals surface area contributed by atoms with E-state index in [1.54, 1.807) is 18.2 Å². The summed E-state index contributed by atoms with van der Waals surface area (Å²) in [4.78, 5) is 22.0. The zero-order chi connectivity index (χ0) is 16.8. The first kappa shape index (κ1) is 17.1. The molecule has 0 aliphatic heterocycles. The van der Waals surface area contributed by atoms with E-state index in [0.29, 0.717) is 28.7 Å². The molecule has 2 aromatic rings. The first-order valence-corrected chi connectivity index (χ1v) is 7.44. The summed E-state index contributed by atoms with van der Waals surface area (Å²) in [7, 11) is 0. The summed E-state index contributed by atoms with van der Waals surface area (Å²) < 4.78 is 0. The average Bonchev–Trinajstić information content (AvgIpc) is 2.50. The van der Waals surface area contributed by atoms with Crippen LogP contribution in [0.3, 0.4) is 0 Å². The Kier molecular flexibility index (Phi) is 5.78. The molecule has 0 aromatic heterocycles. The van der Waals surface area contributed by atoms with Crippen LogP contribution in [0, 0.1) is 10.1 Å². The van der Waals surface area contributed by atoms with Crippen molar-refractivity contribution in [1.82, 2.24) is 5.32 Å². The number of nitro benzene ring substituents is 1. The topological polar surface area (TPSA) is 84.3 Å². The maximum atomic E-state index is 11.9. The van der Waals surface area contributed by atoms with Crippen molar-refractivity contribution < 1.29 is 9.72 Å². The lowest BCUT2D eigenvalue weighted by Gasteiger charge is -2.08. The van der Waals surface area contributed by atoms with E-state index in [0.717, 1.165) is 5.69 Å². The second-order valence-electron chi connectivity index (χ2n) is 4.64. The summed E-state index contributed by atoms with van der Waals surface area (Å²) in [5.74, 6) is -0.278. The predicted octanol–water partition coefficient (Wildman–Crippen LogP) is 3.74. The molecule has 0 radical (unpaired) electrons. The van der Waals surface area contributed by atoms with Gasteiger partial charge in [0.05, 0.1) is 4.92 Å². The lowest BCUT2D eigenvalue weighted by Crippen LogP contribution is -2.28. The third-order valence-corrected chi connectivity index (χ3v) is 3.38. The van der Waals surface area contributed by atoms with Gasteiger partial charge < -0.3 is 10.6 Å². The molecule has 0 saturated heterocycles. The van der Waals surface area contributed by atoms with Crippen LogP contribution in [-0.2, 0) is 0 Å². The molecule has 0 heterocycles. The molecule has 0 aliphatic carbocycles. The fourth-order valence-electron chi connectivity index (χ4n) is 1.87. The highest BCUT2D eigenvalue weighted by Gasteiger charge is 2.07. The molecule has 0 unspecified atom stereocenters. The first-order chi connectivity index (χ1) is 11.0. The molecule has 0 bridgehead atoms. The van der Waals surface area contributed by atoms with Crippen LogP contribution < -0.4 is 10.6 Å². The minimum atomic E-state index is -0.458. The monoisotopic (exact) mass is 353 g/mol. The minimum Gasteiger partial charge on any atom is -0.383 e. The number of nitro groups is 1. The molecule has 0 fully saturated rings. The summed E-state index contributed by atoms with van der Waals surface area (Å²) in [6.07, 6.45) is 0. The Bertz CT molecular complexity index is 700. The van der Waals surface area contributed by atoms with Crippen LogP contribution in [0.2, 0.25) is 10.0 Å². The van der Waals surface area contributed by atoms with E-state index in [-0.39, 0.29) is 11.6 Å². The van der Waals surface area contributed by atoms with Crippen molar-refractivity contribution in [3.05, 3.63) is 68.2 Å². The third kappa shape index (κ3) is 5.12. The Labute approximate surface area is 142 Å². The van der Waals surface area contributed by atoms with E-state index in [4.69, 9.17) is 23.2 Å². The van der Waals surface area contributed by atoms with Gasteiger partial charge in [0.15, 0.2) is 0 Å². The van der Waals surface area contributed by atoms with E-state index < -0.39 is 4.92 Å². The van der Waals surface area contributed by atoms with E-state index in [1.807, 2.05) is 0 Å². The normalized spacial score (nSPS) is 10.2. The molecule has 23 heavy (non-hydrogen) atoms. The quantitative estimate of drug-likeness (QED) is 0.470. The van der Waals surface area contributed by atoms with E-state index in [2.05, 4.69) is 10.6 Å². The number of amides is 1. The number of nitrogens with one attached hydrogen (secondary N) is 2. The number of non-ortho nitro benzene ring substituents is 1. The first-order valence-electron chi connectivity index (χ1n) is 6.68. The van der Waals surface area contributed by atoms with Crippen LogP contribution in [0.5, 0.6) is 0 Å². The van der Waals surface area contributed by atoms with Gasteiger partial charge in [-0.1, -0.05) is 23.2 Å². The summed E-state index contributed by atoms with van der Waals surface area (Å²) >= 11 is 11.7. The molecule has 1 amide bonds. The van der Waals surface area contributed by atoms with Crippen molar-refractivity contribution in [2.75, 3.05) is 18.4 Å². The highest BCUT2D eigenvalue weighted by molar-refractivity contribution is 6.35. The molecule has 0 atom stereocenters. The summed E-state index contributed by atoms with van der Waals surface area (Å²) in [5, 5.41) is 17.1. The van der Waals surface area contributed by atoms with Crippen LogP contribution >= 0.6 is 23.2 Å². The largest absolute Gasteiger partial charge is 0.383 e. The van der Waals surface area contributed by atoms with Gasteiger partial charge in [-0.3, -0.25) is 14.9 Å². The molecule has 0 saturated carbocycles. The third-order valence-electron chi connectivity index (χ3n) is 2.94. The van der Waals surface area contributed by atoms with E-state index in [1.165, 1.54) is 24.3 Å². The number of nitrogens with zero attached hydrogens (tertiary/aromatic N) is 1. The number of anilines is 1. The zero-order valence-electron chi connectivity index (χ0n) is 11.9. The fraction of sp³-hybridized carbons (Fsp3) is 0.133. The Morgan fingerprint density at radius 1 is 1.04 bits per heavy atom. The number of hydrogen-bond donors (Lipinski definition) is 2. The molecule has 0 aliphatic rings. The van der Waals surface area contributed by atoms with Gasteiger partial charge >= 0.3 is 0 Å². The number of carbonyl (C=O) groups excluding carboxylic acids is 1. The van der Waals surface area contributed by atoms with Gasteiger partial charge in [0, 0.05) is 46.5 Å². The van der Waals surface area contributed by atoms with Crippen LogP contribution in [0.4, 0.5) is 11.4 Å². The zero-order valence-corrected chi connectivity index (χ0v) is 13.4. The van der Waals surface area contributed by atoms with Crippen LogP contribution in [0.1, 0.15) is 10.4 Å². The van der Waals surface area contributed by atoms with Crippen molar-refractivity contribution in [2.45, 2.75) is 0 Å². The second-order valence-corrected chi connectivity index (χ2v) is 5.52. The van der Waals surface area contributed by atoms with Gasteiger partial charge in [0.2, 0.25) is 0 Å². The molecule has 6 nitrogen and oxygen atoms in total. The maximum Gasteiger partial charge on any atom is 0.269 e. The molecule has 2 rings (SSSR count). The van der Waals surface area contributed by atoms with Crippen molar-refractivity contribution in [1.29, 1.82) is 0 Å². The summed E-state index contributed by atoms with van der Waals surface area (Å²) in [6.45, 7) is 0.845. The van der Waals surface area contributed by atoms with E-state index in [9.17, 15) is 14.9 Å². The summed E-state index contributed by atoms with van der Waals surface area (Å²) in [6, 6.07) is 10.7. The fourth-order valence-corrected chi connectivity index (χ4v) is 2.40. The van der Waals surface area contributed by atoms with Crippen LogP contribution in [0.15, 0.2) is 42.5 Å². The van der Waals surface area contributed by atoms with E-state index >= 15 is 0 Å². The smallest absolute Gasteiger partial charge is 0.269 e. The minimum absolute atomic E-state index is 0.0293. The highest BCUT2D eigenvalue weighted by atomic mass is 35.5. The lowest BCUT2D eigenvalue weighted by atomic mass is 10.2. The maximum absolute atomic E-state index is 11.9. The number of halogens is 2. The van der Waals surface area contributed by atoms with Gasteiger partial charge in [-0.15, -0.1) is 0 Å². The van der Waals surface area contributed by atoms with Crippen molar-refractivity contribution in [2.24, 2.45) is 0 Å². The van der Waals surface area contributed by atoms with Gasteiger partial charge in [0.1, 0.15) is 0 Å². The number of carbonyl (C=O) groups is 1. The summed E-state index contributed by atoms with van der Waals surface area (Å²) in [5.41, 5.74) is 1.15. The van der Waals surface area contributed by atoms with Crippen LogP contribution in [0.25, 0.3) is 0 Å². The predicted molar refractivity (Wildman–Crippen MR) is 90.4 cm³/mol. The van der Waals surface area contributed by atoms with Crippen molar-refractivity contribution >= 4 is 40.5 Å². The SMILES string of the molecule is O=C(NCCNc1ccc([N+](=O)[O-])cc1)c1cc(Cl)cc(Cl)c1. The Morgan fingerprint density at radius 2 is 1.65 bits per heavy atom. The second kappa shape index (κ2) is 7.80. The average molecular weight is 354 g/mol. The standard InChI is InChI=1S/C15H13Cl2N3O3/c16-11-7-10(8-12(17)9-11)15(21)19-6-5-18-13-1-3-14(4-2-13)20(22)23/h1-4,7-9,18H,5-6H2,(H,19,21). The van der Waals surface area contributed by atoms with Gasteiger partial charge in [-0.05, 0) is 30.3 Å². The number of rotatable bonds is 6.